The maximum atomic E-state index is 13.2. The molecule has 2 aromatic carbocycles. The van der Waals surface area contributed by atoms with Gasteiger partial charge in [0, 0.05) is 11.8 Å². The first kappa shape index (κ1) is 25.4. The van der Waals surface area contributed by atoms with Crippen molar-refractivity contribution in [3.05, 3.63) is 70.6 Å². The van der Waals surface area contributed by atoms with Gasteiger partial charge in [-0.15, -0.1) is 0 Å². The number of alkyl halides is 3. The van der Waals surface area contributed by atoms with E-state index in [4.69, 9.17) is 4.74 Å². The molecule has 0 amide bonds. The van der Waals surface area contributed by atoms with Crippen LogP contribution in [0.3, 0.4) is 0 Å². The fraction of sp³-hybridized carbons (Fsp3) is 0.304. The summed E-state index contributed by atoms with van der Waals surface area (Å²) < 4.78 is 69.3. The van der Waals surface area contributed by atoms with E-state index >= 15 is 0 Å². The number of aliphatic hydroxyl groups excluding tert-OH is 1. The number of nitrogens with zero attached hydrogens (tertiary/aromatic N) is 2. The Kier molecular flexibility index (Phi) is 7.18. The molecule has 1 N–H and O–H groups in total. The molecule has 0 bridgehead atoms. The van der Waals surface area contributed by atoms with Crippen molar-refractivity contribution in [2.75, 3.05) is 12.9 Å². The minimum atomic E-state index is -4.61. The molecule has 3 aromatic rings. The van der Waals surface area contributed by atoms with Crippen molar-refractivity contribution in [3.63, 3.8) is 0 Å². The van der Waals surface area contributed by atoms with Crippen molar-refractivity contribution in [1.82, 2.24) is 9.78 Å². The summed E-state index contributed by atoms with van der Waals surface area (Å²) in [5, 5.41) is 14.2. The molecule has 0 aliphatic rings. The Bertz CT molecular complexity index is 1330. The summed E-state index contributed by atoms with van der Waals surface area (Å²) in [6, 6.07) is 9.78. The van der Waals surface area contributed by atoms with Crippen molar-refractivity contribution in [2.24, 2.45) is 5.92 Å². The van der Waals surface area contributed by atoms with Crippen LogP contribution < -0.4 is 10.3 Å². The normalized spacial score (nSPS) is 13.2. The van der Waals surface area contributed by atoms with Crippen LogP contribution >= 0.6 is 0 Å². The average Bonchev–Trinajstić information content (AvgIpc) is 2.76. The van der Waals surface area contributed by atoms with E-state index in [2.05, 4.69) is 5.10 Å². The molecule has 34 heavy (non-hydrogen) atoms. The Labute approximate surface area is 194 Å². The Morgan fingerprint density at radius 2 is 1.76 bits per heavy atom. The van der Waals surface area contributed by atoms with Gasteiger partial charge in [0.15, 0.2) is 15.6 Å². The van der Waals surface area contributed by atoms with Gasteiger partial charge in [0.25, 0.3) is 0 Å². The second-order valence-electron chi connectivity index (χ2n) is 8.07. The number of aliphatic hydroxyl groups is 1. The Hall–Kier alpha value is -3.18. The molecule has 1 heterocycles. The number of ether oxygens (including phenoxy) is 1. The number of rotatable bonds is 7. The largest absolute Gasteiger partial charge is 0.485 e. The number of halogens is 3. The zero-order valence-electron chi connectivity index (χ0n) is 18.6. The van der Waals surface area contributed by atoms with Crippen LogP contribution in [0.2, 0.25) is 0 Å². The van der Waals surface area contributed by atoms with E-state index in [1.54, 1.807) is 13.8 Å². The third kappa shape index (κ3) is 5.65. The zero-order chi connectivity index (χ0) is 25.3. The van der Waals surface area contributed by atoms with Gasteiger partial charge in [-0.25, -0.2) is 8.42 Å². The molecule has 0 spiro atoms. The second-order valence-corrected chi connectivity index (χ2v) is 10.1. The van der Waals surface area contributed by atoms with Gasteiger partial charge >= 0.3 is 11.7 Å². The van der Waals surface area contributed by atoms with Crippen LogP contribution in [0.1, 0.15) is 19.4 Å². The predicted molar refractivity (Wildman–Crippen MR) is 120 cm³/mol. The molecule has 3 rings (SSSR count). The molecule has 182 valence electrons. The van der Waals surface area contributed by atoms with Crippen LogP contribution in [-0.4, -0.2) is 42.3 Å². The fourth-order valence-corrected chi connectivity index (χ4v) is 3.65. The van der Waals surface area contributed by atoms with Gasteiger partial charge in [0.05, 0.1) is 28.4 Å². The first-order valence-corrected chi connectivity index (χ1v) is 12.1. The van der Waals surface area contributed by atoms with Gasteiger partial charge in [0.1, 0.15) is 6.61 Å². The minimum Gasteiger partial charge on any atom is -0.485 e. The number of sulfone groups is 1. The number of hydrogen-bond donors (Lipinski definition) is 1. The van der Waals surface area contributed by atoms with Crippen molar-refractivity contribution in [1.29, 1.82) is 0 Å². The standard InChI is InChI=1S/C23H23F3N2O5S/c1-14(2)20(29)13-33-21-19(15-7-9-18(10-8-15)34(3,31)32)12-27-28(22(21)30)17-6-4-5-16(11-17)23(24,25)26/h4-12,14,20,29H,13H2,1-3H3/t20-/m1/s1. The summed E-state index contributed by atoms with van der Waals surface area (Å²) in [7, 11) is -3.45. The van der Waals surface area contributed by atoms with Gasteiger partial charge in [-0.1, -0.05) is 32.0 Å². The zero-order valence-corrected chi connectivity index (χ0v) is 19.4. The molecule has 0 aliphatic heterocycles. The maximum absolute atomic E-state index is 13.2. The molecule has 11 heteroatoms. The molecule has 0 saturated heterocycles. The first-order valence-electron chi connectivity index (χ1n) is 10.2. The van der Waals surface area contributed by atoms with Crippen molar-refractivity contribution in [3.8, 4) is 22.6 Å². The Balaban J connectivity index is 2.14. The molecule has 0 aliphatic carbocycles. The van der Waals surface area contributed by atoms with E-state index in [0.29, 0.717) is 5.56 Å². The predicted octanol–water partition coefficient (Wildman–Crippen LogP) is 3.72. The summed E-state index contributed by atoms with van der Waals surface area (Å²) in [5.41, 5.74) is -1.30. The lowest BCUT2D eigenvalue weighted by Gasteiger charge is -2.18. The maximum Gasteiger partial charge on any atom is 0.416 e. The van der Waals surface area contributed by atoms with Gasteiger partial charge < -0.3 is 9.84 Å². The number of benzene rings is 2. The molecule has 0 saturated carbocycles. The molecule has 0 unspecified atom stereocenters. The molecule has 7 nitrogen and oxygen atoms in total. The third-order valence-corrected chi connectivity index (χ3v) is 6.24. The van der Waals surface area contributed by atoms with Crippen LogP contribution in [0.25, 0.3) is 16.8 Å². The topological polar surface area (TPSA) is 98.5 Å². The average molecular weight is 497 g/mol. The molecule has 1 aromatic heterocycles. The van der Waals surface area contributed by atoms with Gasteiger partial charge in [-0.3, -0.25) is 4.79 Å². The highest BCUT2D eigenvalue weighted by atomic mass is 32.2. The minimum absolute atomic E-state index is 0.0687. The highest BCUT2D eigenvalue weighted by molar-refractivity contribution is 7.90. The van der Waals surface area contributed by atoms with E-state index in [1.807, 2.05) is 0 Å². The third-order valence-electron chi connectivity index (χ3n) is 5.11. The monoisotopic (exact) mass is 496 g/mol. The van der Waals surface area contributed by atoms with Crippen LogP contribution in [0.5, 0.6) is 5.75 Å². The highest BCUT2D eigenvalue weighted by Gasteiger charge is 2.31. The summed E-state index contributed by atoms with van der Waals surface area (Å²) >= 11 is 0. The van der Waals surface area contributed by atoms with Gasteiger partial charge in [0.2, 0.25) is 0 Å². The van der Waals surface area contributed by atoms with E-state index in [-0.39, 0.29) is 34.4 Å². The first-order chi connectivity index (χ1) is 15.8. The summed E-state index contributed by atoms with van der Waals surface area (Å²) in [6.45, 7) is 3.27. The molecule has 1 atom stereocenters. The fourth-order valence-electron chi connectivity index (χ4n) is 3.02. The summed E-state index contributed by atoms with van der Waals surface area (Å²) in [5.74, 6) is -0.413. The molecule has 0 fully saturated rings. The van der Waals surface area contributed by atoms with E-state index in [0.717, 1.165) is 29.1 Å². The lowest BCUT2D eigenvalue weighted by Crippen LogP contribution is -2.28. The van der Waals surface area contributed by atoms with Gasteiger partial charge in [-0.2, -0.15) is 23.0 Å². The van der Waals surface area contributed by atoms with Crippen molar-refractivity contribution < 1.29 is 31.4 Å². The molecular formula is C23H23F3N2O5S. The number of hydrogen-bond acceptors (Lipinski definition) is 6. The second kappa shape index (κ2) is 9.59. The van der Waals surface area contributed by atoms with Crippen molar-refractivity contribution in [2.45, 2.75) is 31.0 Å². The van der Waals surface area contributed by atoms with E-state index < -0.39 is 33.2 Å². The lowest BCUT2D eigenvalue weighted by molar-refractivity contribution is -0.137. The van der Waals surface area contributed by atoms with Gasteiger partial charge in [-0.05, 0) is 41.8 Å². The highest BCUT2D eigenvalue weighted by Crippen LogP contribution is 2.31. The Morgan fingerprint density at radius 1 is 1.12 bits per heavy atom. The van der Waals surface area contributed by atoms with Crippen LogP contribution in [0, 0.1) is 5.92 Å². The number of aromatic nitrogens is 2. The van der Waals surface area contributed by atoms with Crippen LogP contribution in [0.4, 0.5) is 13.2 Å². The van der Waals surface area contributed by atoms with Crippen molar-refractivity contribution >= 4 is 9.84 Å². The summed E-state index contributed by atoms with van der Waals surface area (Å²) in [4.78, 5) is 13.3. The van der Waals surface area contributed by atoms with Crippen LogP contribution in [0.15, 0.2) is 64.4 Å². The van der Waals surface area contributed by atoms with Crippen LogP contribution in [-0.2, 0) is 16.0 Å². The smallest absolute Gasteiger partial charge is 0.416 e. The lowest BCUT2D eigenvalue weighted by atomic mass is 10.1. The van der Waals surface area contributed by atoms with E-state index in [1.165, 1.54) is 36.5 Å². The molecular weight excluding hydrogens is 473 g/mol. The van der Waals surface area contributed by atoms with E-state index in [9.17, 15) is 31.5 Å². The Morgan fingerprint density at radius 3 is 2.32 bits per heavy atom. The summed E-state index contributed by atoms with van der Waals surface area (Å²) in [6.07, 6.45) is -3.22. The molecule has 0 radical (unpaired) electrons. The quantitative estimate of drug-likeness (QED) is 0.536. The SMILES string of the molecule is CC(C)[C@H](O)COc1c(-c2ccc(S(C)(=O)=O)cc2)cnn(-c2cccc(C(F)(F)F)c2)c1=O.